The minimum absolute atomic E-state index is 0.0125. The lowest BCUT2D eigenvalue weighted by molar-refractivity contribution is 0.0602. The summed E-state index contributed by atoms with van der Waals surface area (Å²) in [6, 6.07) is 2.81. The van der Waals surface area contributed by atoms with Gasteiger partial charge in [0, 0.05) is 12.6 Å². The van der Waals surface area contributed by atoms with E-state index in [0.29, 0.717) is 24.4 Å². The zero-order valence-corrected chi connectivity index (χ0v) is 14.3. The number of methoxy groups -OCH3 is 1. The van der Waals surface area contributed by atoms with Crippen molar-refractivity contribution >= 4 is 27.3 Å². The molecule has 0 aliphatic carbocycles. The summed E-state index contributed by atoms with van der Waals surface area (Å²) in [5.74, 6) is -0.0124. The SMILES string of the molecule is COC(=O)c1sccc1S(=O)(=O)N1CCC[C@H]1c1cc(C)on1. The first-order valence-electron chi connectivity index (χ1n) is 7.06. The summed E-state index contributed by atoms with van der Waals surface area (Å²) in [6.07, 6.45) is 1.40. The van der Waals surface area contributed by atoms with Crippen LogP contribution < -0.4 is 0 Å². The predicted octanol–water partition coefficient (Wildman–Crippen LogP) is 2.36. The van der Waals surface area contributed by atoms with Crippen LogP contribution in [0.25, 0.3) is 0 Å². The molecule has 0 spiro atoms. The van der Waals surface area contributed by atoms with Crippen molar-refractivity contribution in [2.24, 2.45) is 0 Å². The Balaban J connectivity index is 1.99. The molecule has 1 aliphatic heterocycles. The Morgan fingerprint density at radius 2 is 2.30 bits per heavy atom. The van der Waals surface area contributed by atoms with Gasteiger partial charge in [0.2, 0.25) is 10.0 Å². The molecule has 9 heteroatoms. The zero-order chi connectivity index (χ0) is 16.6. The summed E-state index contributed by atoms with van der Waals surface area (Å²) in [7, 11) is -2.58. The number of rotatable bonds is 4. The molecule has 1 saturated heterocycles. The second-order valence-electron chi connectivity index (χ2n) is 5.24. The standard InChI is InChI=1S/C14H16N2O5S2/c1-9-8-10(15-21-9)11-4-3-6-16(11)23(18,19)12-5-7-22-13(12)14(17)20-2/h5,7-8,11H,3-4,6H2,1-2H3/t11-/m0/s1. The second kappa shape index (κ2) is 6.06. The Labute approximate surface area is 137 Å². The van der Waals surface area contributed by atoms with E-state index in [0.717, 1.165) is 17.8 Å². The summed E-state index contributed by atoms with van der Waals surface area (Å²) in [5, 5.41) is 5.52. The Morgan fingerprint density at radius 1 is 1.52 bits per heavy atom. The predicted molar refractivity (Wildman–Crippen MR) is 82.8 cm³/mol. The number of thiophene rings is 1. The highest BCUT2D eigenvalue weighted by atomic mass is 32.2. The number of esters is 1. The lowest BCUT2D eigenvalue weighted by Crippen LogP contribution is -2.31. The van der Waals surface area contributed by atoms with Crippen molar-refractivity contribution in [2.45, 2.75) is 30.7 Å². The molecule has 1 atom stereocenters. The van der Waals surface area contributed by atoms with Crippen LogP contribution in [0.2, 0.25) is 0 Å². The highest BCUT2D eigenvalue weighted by Crippen LogP contribution is 2.38. The summed E-state index contributed by atoms with van der Waals surface area (Å²) in [4.78, 5) is 11.9. The van der Waals surface area contributed by atoms with E-state index in [4.69, 9.17) is 4.52 Å². The van der Waals surface area contributed by atoms with Crippen molar-refractivity contribution < 1.29 is 22.5 Å². The number of carbonyl (C=O) groups is 1. The van der Waals surface area contributed by atoms with Gasteiger partial charge >= 0.3 is 5.97 Å². The maximum absolute atomic E-state index is 13.0. The molecule has 2 aromatic rings. The van der Waals surface area contributed by atoms with E-state index in [1.54, 1.807) is 18.4 Å². The summed E-state index contributed by atoms with van der Waals surface area (Å²) >= 11 is 1.05. The Kier molecular flexibility index (Phi) is 4.26. The molecule has 0 saturated carbocycles. The van der Waals surface area contributed by atoms with Crippen molar-refractivity contribution in [2.75, 3.05) is 13.7 Å². The number of aromatic nitrogens is 1. The maximum atomic E-state index is 13.0. The van der Waals surface area contributed by atoms with Gasteiger partial charge in [-0.2, -0.15) is 4.31 Å². The molecule has 124 valence electrons. The molecule has 1 aliphatic rings. The monoisotopic (exact) mass is 356 g/mol. The van der Waals surface area contributed by atoms with Gasteiger partial charge in [-0.3, -0.25) is 0 Å². The molecule has 0 radical (unpaired) electrons. The first-order valence-corrected chi connectivity index (χ1v) is 9.38. The fourth-order valence-electron chi connectivity index (χ4n) is 2.73. The summed E-state index contributed by atoms with van der Waals surface area (Å²) in [5.41, 5.74) is 0.596. The first kappa shape index (κ1) is 16.2. The average Bonchev–Trinajstić information content (AvgIpc) is 3.25. The Morgan fingerprint density at radius 3 is 2.96 bits per heavy atom. The van der Waals surface area contributed by atoms with E-state index in [1.165, 1.54) is 17.5 Å². The highest BCUT2D eigenvalue weighted by molar-refractivity contribution is 7.89. The van der Waals surface area contributed by atoms with E-state index in [1.807, 2.05) is 0 Å². The van der Waals surface area contributed by atoms with E-state index in [9.17, 15) is 13.2 Å². The Hall–Kier alpha value is -1.71. The van der Waals surface area contributed by atoms with Crippen LogP contribution in [0, 0.1) is 6.92 Å². The number of ether oxygens (including phenoxy) is 1. The molecule has 3 heterocycles. The third-order valence-electron chi connectivity index (χ3n) is 3.78. The summed E-state index contributed by atoms with van der Waals surface area (Å²) in [6.45, 7) is 2.15. The van der Waals surface area contributed by atoms with Crippen molar-refractivity contribution in [1.29, 1.82) is 0 Å². The third kappa shape index (κ3) is 2.79. The van der Waals surface area contributed by atoms with Crippen molar-refractivity contribution in [3.63, 3.8) is 0 Å². The number of aryl methyl sites for hydroxylation is 1. The van der Waals surface area contributed by atoms with Gasteiger partial charge < -0.3 is 9.26 Å². The molecule has 0 amide bonds. The fourth-order valence-corrected chi connectivity index (χ4v) is 5.71. The first-order chi connectivity index (χ1) is 10.9. The van der Waals surface area contributed by atoms with Crippen LogP contribution >= 0.6 is 11.3 Å². The van der Waals surface area contributed by atoms with Gasteiger partial charge in [0.15, 0.2) is 0 Å². The van der Waals surface area contributed by atoms with Gasteiger partial charge in [0.25, 0.3) is 0 Å². The molecule has 23 heavy (non-hydrogen) atoms. The molecule has 7 nitrogen and oxygen atoms in total. The minimum Gasteiger partial charge on any atom is -0.465 e. The maximum Gasteiger partial charge on any atom is 0.349 e. The number of hydrogen-bond donors (Lipinski definition) is 0. The molecule has 2 aromatic heterocycles. The zero-order valence-electron chi connectivity index (χ0n) is 12.7. The molecular weight excluding hydrogens is 340 g/mol. The highest BCUT2D eigenvalue weighted by Gasteiger charge is 2.40. The average molecular weight is 356 g/mol. The van der Waals surface area contributed by atoms with E-state index >= 15 is 0 Å². The molecule has 1 fully saturated rings. The normalized spacial score (nSPS) is 19.1. The lowest BCUT2D eigenvalue weighted by Gasteiger charge is -2.22. The smallest absolute Gasteiger partial charge is 0.349 e. The van der Waals surface area contributed by atoms with Gasteiger partial charge in [-0.05, 0) is 31.2 Å². The van der Waals surface area contributed by atoms with Gasteiger partial charge in [-0.1, -0.05) is 5.16 Å². The molecule has 3 rings (SSSR count). The number of carbonyl (C=O) groups excluding carboxylic acids is 1. The van der Waals surface area contributed by atoms with Gasteiger partial charge in [-0.15, -0.1) is 11.3 Å². The van der Waals surface area contributed by atoms with Crippen LogP contribution in [0.1, 0.15) is 40.0 Å². The van der Waals surface area contributed by atoms with Crippen molar-refractivity contribution in [1.82, 2.24) is 9.46 Å². The minimum atomic E-state index is -3.81. The molecule has 0 aromatic carbocycles. The number of hydrogen-bond acceptors (Lipinski definition) is 7. The molecule has 0 unspecified atom stereocenters. The summed E-state index contributed by atoms with van der Waals surface area (Å²) < 4.78 is 37.1. The van der Waals surface area contributed by atoms with Gasteiger partial charge in [-0.25, -0.2) is 13.2 Å². The Bertz CT molecular complexity index is 824. The van der Waals surface area contributed by atoms with E-state index < -0.39 is 16.0 Å². The van der Waals surface area contributed by atoms with Crippen LogP contribution in [0.5, 0.6) is 0 Å². The third-order valence-corrected chi connectivity index (χ3v) is 6.75. The van der Waals surface area contributed by atoms with Gasteiger partial charge in [0.1, 0.15) is 21.2 Å². The van der Waals surface area contributed by atoms with E-state index in [2.05, 4.69) is 9.89 Å². The van der Waals surface area contributed by atoms with Gasteiger partial charge in [0.05, 0.1) is 13.2 Å². The molecular formula is C14H16N2O5S2. The number of nitrogens with zero attached hydrogens (tertiary/aromatic N) is 2. The molecule has 0 bridgehead atoms. The van der Waals surface area contributed by atoms with Crippen molar-refractivity contribution in [3.05, 3.63) is 33.8 Å². The fraction of sp³-hybridized carbons (Fsp3) is 0.429. The second-order valence-corrected chi connectivity index (χ2v) is 8.02. The van der Waals surface area contributed by atoms with Crippen LogP contribution in [0.4, 0.5) is 0 Å². The lowest BCUT2D eigenvalue weighted by atomic mass is 10.1. The molecule has 0 N–H and O–H groups in total. The van der Waals surface area contributed by atoms with Crippen molar-refractivity contribution in [3.8, 4) is 0 Å². The van der Waals surface area contributed by atoms with Crippen LogP contribution in [0.3, 0.4) is 0 Å². The van der Waals surface area contributed by atoms with E-state index in [-0.39, 0.29) is 15.8 Å². The van der Waals surface area contributed by atoms with Crippen LogP contribution in [-0.4, -0.2) is 37.5 Å². The largest absolute Gasteiger partial charge is 0.465 e. The quantitative estimate of drug-likeness (QED) is 0.781. The van der Waals surface area contributed by atoms with Crippen LogP contribution in [0.15, 0.2) is 26.9 Å². The number of sulfonamides is 1. The van der Waals surface area contributed by atoms with Crippen LogP contribution in [-0.2, 0) is 14.8 Å². The topological polar surface area (TPSA) is 89.7 Å².